The van der Waals surface area contributed by atoms with Crippen LogP contribution in [0.1, 0.15) is 13.8 Å². The van der Waals surface area contributed by atoms with Gasteiger partial charge in [-0.1, -0.05) is 11.3 Å². The summed E-state index contributed by atoms with van der Waals surface area (Å²) in [6, 6.07) is 6.85. The molecule has 0 aliphatic heterocycles. The molecule has 0 fully saturated rings. The van der Waals surface area contributed by atoms with Crippen LogP contribution in [0.4, 0.5) is 10.7 Å². The Bertz CT molecular complexity index is 748. The summed E-state index contributed by atoms with van der Waals surface area (Å²) in [5, 5.41) is 15.4. The SMILES string of the molecule is CCOc1ccc(OCC)c(NC(=O)CSc2ccsc2[N+](=O)[O-])c1. The Hall–Kier alpha value is -2.26. The van der Waals surface area contributed by atoms with Gasteiger partial charge in [0.2, 0.25) is 5.91 Å². The van der Waals surface area contributed by atoms with Gasteiger partial charge in [0, 0.05) is 6.07 Å². The minimum atomic E-state index is -0.441. The lowest BCUT2D eigenvalue weighted by Gasteiger charge is -2.13. The average molecular weight is 382 g/mol. The van der Waals surface area contributed by atoms with E-state index in [4.69, 9.17) is 9.47 Å². The molecular weight excluding hydrogens is 364 g/mol. The molecule has 134 valence electrons. The number of anilines is 1. The number of hydrogen-bond donors (Lipinski definition) is 1. The molecule has 1 aromatic heterocycles. The number of carbonyl (C=O) groups excluding carboxylic acids is 1. The van der Waals surface area contributed by atoms with E-state index in [2.05, 4.69) is 5.32 Å². The Morgan fingerprint density at radius 2 is 2.04 bits per heavy atom. The first-order valence-corrected chi connectivity index (χ1v) is 9.45. The lowest BCUT2D eigenvalue weighted by Crippen LogP contribution is -2.15. The molecule has 1 amide bonds. The molecule has 7 nitrogen and oxygen atoms in total. The van der Waals surface area contributed by atoms with Crippen LogP contribution in [0.3, 0.4) is 0 Å². The van der Waals surface area contributed by atoms with Crippen molar-refractivity contribution in [2.75, 3.05) is 24.3 Å². The van der Waals surface area contributed by atoms with E-state index in [1.165, 1.54) is 0 Å². The number of thiophene rings is 1. The molecule has 0 radical (unpaired) electrons. The third kappa shape index (κ3) is 5.36. The molecule has 0 bridgehead atoms. The smallest absolute Gasteiger partial charge is 0.337 e. The quantitative estimate of drug-likeness (QED) is 0.397. The summed E-state index contributed by atoms with van der Waals surface area (Å²) in [5.41, 5.74) is 0.512. The maximum absolute atomic E-state index is 12.2. The fourth-order valence-corrected chi connectivity index (χ4v) is 3.74. The largest absolute Gasteiger partial charge is 0.494 e. The molecule has 1 heterocycles. The molecule has 0 saturated heterocycles. The van der Waals surface area contributed by atoms with Crippen molar-refractivity contribution in [3.05, 3.63) is 39.8 Å². The highest BCUT2D eigenvalue weighted by Crippen LogP contribution is 2.34. The highest BCUT2D eigenvalue weighted by atomic mass is 32.2. The molecule has 1 aromatic carbocycles. The van der Waals surface area contributed by atoms with Crippen LogP contribution < -0.4 is 14.8 Å². The van der Waals surface area contributed by atoms with Crippen molar-refractivity contribution >= 4 is 39.7 Å². The van der Waals surface area contributed by atoms with E-state index in [-0.39, 0.29) is 16.7 Å². The predicted molar refractivity (Wildman–Crippen MR) is 99.1 cm³/mol. The summed E-state index contributed by atoms with van der Waals surface area (Å²) >= 11 is 2.17. The molecule has 2 aromatic rings. The van der Waals surface area contributed by atoms with Crippen molar-refractivity contribution in [2.24, 2.45) is 0 Å². The molecule has 0 unspecified atom stereocenters. The summed E-state index contributed by atoms with van der Waals surface area (Å²) in [6.07, 6.45) is 0. The van der Waals surface area contributed by atoms with E-state index in [1.807, 2.05) is 13.8 Å². The maximum Gasteiger partial charge on any atom is 0.337 e. The number of carbonyl (C=O) groups is 1. The molecule has 0 saturated carbocycles. The second-order valence-corrected chi connectivity index (χ2v) is 6.62. The normalized spacial score (nSPS) is 10.3. The Labute approximate surface area is 153 Å². The van der Waals surface area contributed by atoms with E-state index in [0.717, 1.165) is 23.1 Å². The topological polar surface area (TPSA) is 90.7 Å². The van der Waals surface area contributed by atoms with Gasteiger partial charge >= 0.3 is 5.00 Å². The third-order valence-electron chi connectivity index (χ3n) is 2.97. The first-order valence-electron chi connectivity index (χ1n) is 7.59. The first kappa shape index (κ1) is 19.1. The van der Waals surface area contributed by atoms with Crippen LogP contribution in [0.2, 0.25) is 0 Å². The number of amides is 1. The highest BCUT2D eigenvalue weighted by molar-refractivity contribution is 8.00. The van der Waals surface area contributed by atoms with Gasteiger partial charge in [-0.3, -0.25) is 14.9 Å². The lowest BCUT2D eigenvalue weighted by atomic mass is 10.2. The Kier molecular flexibility index (Phi) is 7.08. The van der Waals surface area contributed by atoms with E-state index >= 15 is 0 Å². The number of nitrogens with zero attached hydrogens (tertiary/aromatic N) is 1. The number of hydrogen-bond acceptors (Lipinski definition) is 7. The molecule has 0 aliphatic carbocycles. The van der Waals surface area contributed by atoms with Crippen molar-refractivity contribution < 1.29 is 19.2 Å². The molecular formula is C16H18N2O5S2. The maximum atomic E-state index is 12.2. The lowest BCUT2D eigenvalue weighted by molar-refractivity contribution is -0.382. The molecule has 0 aliphatic rings. The van der Waals surface area contributed by atoms with Gasteiger partial charge in [0.05, 0.1) is 34.5 Å². The van der Waals surface area contributed by atoms with Crippen LogP contribution in [0.25, 0.3) is 0 Å². The fraction of sp³-hybridized carbons (Fsp3) is 0.312. The Morgan fingerprint density at radius 1 is 1.28 bits per heavy atom. The zero-order valence-electron chi connectivity index (χ0n) is 13.8. The van der Waals surface area contributed by atoms with Crippen molar-refractivity contribution in [1.82, 2.24) is 0 Å². The number of ether oxygens (including phenoxy) is 2. The van der Waals surface area contributed by atoms with E-state index < -0.39 is 4.92 Å². The number of benzene rings is 1. The third-order valence-corrected chi connectivity index (χ3v) is 5.01. The summed E-state index contributed by atoms with van der Waals surface area (Å²) in [6.45, 7) is 4.71. The van der Waals surface area contributed by atoms with Gasteiger partial charge in [0.25, 0.3) is 0 Å². The van der Waals surface area contributed by atoms with Gasteiger partial charge in [-0.05, 0) is 37.4 Å². The van der Waals surface area contributed by atoms with Crippen LogP contribution in [0.5, 0.6) is 11.5 Å². The predicted octanol–water partition coefficient (Wildman–Crippen LogP) is 4.18. The van der Waals surface area contributed by atoms with Crippen LogP contribution >= 0.6 is 23.1 Å². The van der Waals surface area contributed by atoms with E-state index in [9.17, 15) is 14.9 Å². The molecule has 0 spiro atoms. The second-order valence-electron chi connectivity index (χ2n) is 4.71. The van der Waals surface area contributed by atoms with Crippen LogP contribution in [-0.2, 0) is 4.79 Å². The number of thioether (sulfide) groups is 1. The Balaban J connectivity index is 2.04. The molecule has 1 N–H and O–H groups in total. The second kappa shape index (κ2) is 9.28. The van der Waals surface area contributed by atoms with Crippen LogP contribution in [0, 0.1) is 10.1 Å². The summed E-state index contributed by atoms with van der Waals surface area (Å²) < 4.78 is 10.9. The van der Waals surface area contributed by atoms with Gasteiger partial charge in [-0.15, -0.1) is 11.8 Å². The number of nitro groups is 1. The molecule has 0 atom stereocenters. The average Bonchev–Trinajstić information content (AvgIpc) is 3.04. The standard InChI is InChI=1S/C16H18N2O5S2/c1-3-22-11-5-6-13(23-4-2)12(9-11)17-15(19)10-25-14-7-8-24-16(14)18(20)21/h5-9H,3-4,10H2,1-2H3,(H,17,19). The fourth-order valence-electron chi connectivity index (χ4n) is 2.01. The van der Waals surface area contributed by atoms with Crippen molar-refractivity contribution in [3.63, 3.8) is 0 Å². The summed E-state index contributed by atoms with van der Waals surface area (Å²) in [7, 11) is 0. The zero-order valence-corrected chi connectivity index (χ0v) is 15.4. The Morgan fingerprint density at radius 3 is 2.72 bits per heavy atom. The number of rotatable bonds is 9. The first-order chi connectivity index (χ1) is 12.0. The summed E-state index contributed by atoms with van der Waals surface area (Å²) in [4.78, 5) is 23.2. The van der Waals surface area contributed by atoms with Gasteiger partial charge < -0.3 is 14.8 Å². The van der Waals surface area contributed by atoms with Gasteiger partial charge in [-0.2, -0.15) is 0 Å². The molecule has 25 heavy (non-hydrogen) atoms. The van der Waals surface area contributed by atoms with E-state index in [0.29, 0.717) is 35.3 Å². The van der Waals surface area contributed by atoms with Crippen LogP contribution in [-0.4, -0.2) is 29.8 Å². The minimum absolute atomic E-state index is 0.0474. The zero-order chi connectivity index (χ0) is 18.2. The van der Waals surface area contributed by atoms with Gasteiger partial charge in [0.15, 0.2) is 0 Å². The monoisotopic (exact) mass is 382 g/mol. The van der Waals surface area contributed by atoms with E-state index in [1.54, 1.807) is 29.6 Å². The minimum Gasteiger partial charge on any atom is -0.494 e. The molecule has 9 heteroatoms. The van der Waals surface area contributed by atoms with Crippen molar-refractivity contribution in [3.8, 4) is 11.5 Å². The van der Waals surface area contributed by atoms with Crippen molar-refractivity contribution in [2.45, 2.75) is 18.7 Å². The summed E-state index contributed by atoms with van der Waals surface area (Å²) in [5.74, 6) is 0.954. The highest BCUT2D eigenvalue weighted by Gasteiger charge is 2.17. The number of nitrogens with one attached hydrogen (secondary N) is 1. The van der Waals surface area contributed by atoms with Gasteiger partial charge in [0.1, 0.15) is 11.5 Å². The molecule has 2 rings (SSSR count). The van der Waals surface area contributed by atoms with Crippen molar-refractivity contribution in [1.29, 1.82) is 0 Å². The van der Waals surface area contributed by atoms with Crippen LogP contribution in [0.15, 0.2) is 34.5 Å². The van der Waals surface area contributed by atoms with Gasteiger partial charge in [-0.25, -0.2) is 0 Å².